The van der Waals surface area contributed by atoms with Crippen molar-refractivity contribution in [2.75, 3.05) is 0 Å². The van der Waals surface area contributed by atoms with E-state index < -0.39 is 24.0 Å². The van der Waals surface area contributed by atoms with Gasteiger partial charge in [0, 0.05) is 6.54 Å². The summed E-state index contributed by atoms with van der Waals surface area (Å²) in [6.07, 6.45) is -1.11. The number of nitrogens with one attached hydrogen (secondary N) is 2. The van der Waals surface area contributed by atoms with Crippen molar-refractivity contribution in [2.45, 2.75) is 19.6 Å². The van der Waals surface area contributed by atoms with Crippen molar-refractivity contribution in [1.29, 1.82) is 0 Å². The highest BCUT2D eigenvalue weighted by molar-refractivity contribution is 7.16. The van der Waals surface area contributed by atoms with E-state index in [1.165, 1.54) is 18.3 Å². The largest absolute Gasteiger partial charge is 0.449 e. The lowest BCUT2D eigenvalue weighted by Crippen LogP contribution is -2.44. The summed E-state index contributed by atoms with van der Waals surface area (Å²) in [4.78, 5) is 40.2. The molecule has 3 amide bonds. The molecule has 138 valence electrons. The van der Waals surface area contributed by atoms with Crippen LogP contribution in [0.2, 0.25) is 0 Å². The van der Waals surface area contributed by atoms with Gasteiger partial charge in [-0.1, -0.05) is 30.3 Å². The number of benzene rings is 2. The normalized spacial score (nSPS) is 11.6. The summed E-state index contributed by atoms with van der Waals surface area (Å²) < 4.78 is 5.99. The predicted molar refractivity (Wildman–Crippen MR) is 101 cm³/mol. The van der Waals surface area contributed by atoms with Gasteiger partial charge < -0.3 is 10.1 Å². The number of fused-ring (bicyclic) bond motifs is 1. The average molecular weight is 383 g/mol. The summed E-state index contributed by atoms with van der Waals surface area (Å²) in [5.41, 5.74) is 3.69. The van der Waals surface area contributed by atoms with E-state index in [0.29, 0.717) is 5.56 Å². The van der Waals surface area contributed by atoms with E-state index in [1.54, 1.807) is 23.7 Å². The van der Waals surface area contributed by atoms with Crippen LogP contribution < -0.4 is 10.6 Å². The lowest BCUT2D eigenvalue weighted by molar-refractivity contribution is -0.127. The zero-order valence-electron chi connectivity index (χ0n) is 14.5. The van der Waals surface area contributed by atoms with Crippen LogP contribution >= 0.6 is 11.3 Å². The smallest absolute Gasteiger partial charge is 0.338 e. The van der Waals surface area contributed by atoms with E-state index >= 15 is 0 Å². The van der Waals surface area contributed by atoms with Crippen LogP contribution in [0.5, 0.6) is 0 Å². The van der Waals surface area contributed by atoms with Crippen LogP contribution in [-0.2, 0) is 16.1 Å². The summed E-state index contributed by atoms with van der Waals surface area (Å²) in [6.45, 7) is 1.69. The molecule has 0 radical (unpaired) electrons. The number of amides is 3. The van der Waals surface area contributed by atoms with Gasteiger partial charge in [-0.2, -0.15) is 0 Å². The third-order valence-corrected chi connectivity index (χ3v) is 4.54. The maximum Gasteiger partial charge on any atom is 0.338 e. The Labute approximate surface area is 159 Å². The minimum Gasteiger partial charge on any atom is -0.449 e. The molecule has 2 N–H and O–H groups in total. The van der Waals surface area contributed by atoms with Crippen molar-refractivity contribution >= 4 is 39.5 Å². The highest BCUT2D eigenvalue weighted by atomic mass is 32.1. The van der Waals surface area contributed by atoms with Gasteiger partial charge in [0.25, 0.3) is 5.91 Å². The second-order valence-electron chi connectivity index (χ2n) is 5.74. The zero-order valence-corrected chi connectivity index (χ0v) is 15.3. The van der Waals surface area contributed by atoms with E-state index in [4.69, 9.17) is 4.74 Å². The fourth-order valence-electron chi connectivity index (χ4n) is 2.30. The van der Waals surface area contributed by atoms with Crippen LogP contribution in [0, 0.1) is 0 Å². The van der Waals surface area contributed by atoms with Crippen molar-refractivity contribution in [1.82, 2.24) is 15.6 Å². The van der Waals surface area contributed by atoms with E-state index in [-0.39, 0.29) is 6.54 Å². The molecular formula is C19H17N3O4S. The van der Waals surface area contributed by atoms with Crippen LogP contribution in [0.1, 0.15) is 22.8 Å². The van der Waals surface area contributed by atoms with Gasteiger partial charge in [0.2, 0.25) is 0 Å². The Morgan fingerprint density at radius 2 is 1.93 bits per heavy atom. The Hall–Kier alpha value is -3.26. The molecule has 0 spiro atoms. The Balaban J connectivity index is 1.50. The molecule has 1 atom stereocenters. The molecule has 1 heterocycles. The lowest BCUT2D eigenvalue weighted by Gasteiger charge is -2.13. The number of thiazole rings is 1. The second-order valence-corrected chi connectivity index (χ2v) is 6.63. The lowest BCUT2D eigenvalue weighted by atomic mass is 10.2. The SMILES string of the molecule is CC(OC(=O)c1ccc2ncsc2c1)C(=O)NC(=O)NCc1ccccc1. The minimum atomic E-state index is -1.11. The quantitative estimate of drug-likeness (QED) is 0.660. The standard InChI is InChI=1S/C19H17N3O4S/c1-12(17(23)22-19(25)20-10-13-5-3-2-4-6-13)26-18(24)14-7-8-15-16(9-14)27-11-21-15/h2-9,11-12H,10H2,1H3,(H2,20,22,23,25). The van der Waals surface area contributed by atoms with Gasteiger partial charge in [0.1, 0.15) is 0 Å². The maximum absolute atomic E-state index is 12.2. The first-order chi connectivity index (χ1) is 13.0. The molecule has 1 unspecified atom stereocenters. The average Bonchev–Trinajstić information content (AvgIpc) is 3.14. The van der Waals surface area contributed by atoms with Crippen LogP contribution in [0.15, 0.2) is 54.0 Å². The van der Waals surface area contributed by atoms with Gasteiger partial charge in [0.15, 0.2) is 6.10 Å². The van der Waals surface area contributed by atoms with Crippen LogP contribution in [0.4, 0.5) is 4.79 Å². The van der Waals surface area contributed by atoms with E-state index in [2.05, 4.69) is 15.6 Å². The summed E-state index contributed by atoms with van der Waals surface area (Å²) >= 11 is 1.41. The number of hydrogen-bond acceptors (Lipinski definition) is 6. The van der Waals surface area contributed by atoms with Crippen LogP contribution in [-0.4, -0.2) is 29.0 Å². The molecule has 0 saturated heterocycles. The first-order valence-corrected chi connectivity index (χ1v) is 9.08. The number of imide groups is 1. The van der Waals surface area contributed by atoms with Gasteiger partial charge in [-0.3, -0.25) is 10.1 Å². The van der Waals surface area contributed by atoms with Crippen LogP contribution in [0.3, 0.4) is 0 Å². The zero-order chi connectivity index (χ0) is 19.2. The first kappa shape index (κ1) is 18.5. The number of hydrogen-bond donors (Lipinski definition) is 2. The first-order valence-electron chi connectivity index (χ1n) is 8.20. The number of aromatic nitrogens is 1. The number of ether oxygens (including phenoxy) is 1. The summed E-state index contributed by atoms with van der Waals surface area (Å²) in [7, 11) is 0. The molecule has 0 aliphatic rings. The van der Waals surface area contributed by atoms with Gasteiger partial charge in [0.05, 0.1) is 21.3 Å². The topological polar surface area (TPSA) is 97.4 Å². The van der Waals surface area contributed by atoms with E-state index in [1.807, 2.05) is 30.3 Å². The monoisotopic (exact) mass is 383 g/mol. The number of nitrogens with zero attached hydrogens (tertiary/aromatic N) is 1. The summed E-state index contributed by atoms with van der Waals surface area (Å²) in [6, 6.07) is 13.6. The molecule has 2 aromatic carbocycles. The number of carbonyl (C=O) groups excluding carboxylic acids is 3. The molecule has 1 aromatic heterocycles. The molecule has 0 fully saturated rings. The summed E-state index contributed by atoms with van der Waals surface area (Å²) in [5.74, 6) is -1.34. The van der Waals surface area contributed by atoms with E-state index in [0.717, 1.165) is 15.8 Å². The molecule has 3 rings (SSSR count). The second kappa shape index (κ2) is 8.41. The third-order valence-electron chi connectivity index (χ3n) is 3.75. The van der Waals surface area contributed by atoms with Gasteiger partial charge in [-0.15, -0.1) is 11.3 Å². The van der Waals surface area contributed by atoms with Gasteiger partial charge in [-0.25, -0.2) is 14.6 Å². The van der Waals surface area contributed by atoms with Crippen LogP contribution in [0.25, 0.3) is 10.2 Å². The molecule has 0 bridgehead atoms. The van der Waals surface area contributed by atoms with Crippen molar-refractivity contribution in [3.05, 3.63) is 65.2 Å². The molecule has 7 nitrogen and oxygen atoms in total. The van der Waals surface area contributed by atoms with Gasteiger partial charge >= 0.3 is 12.0 Å². The van der Waals surface area contributed by atoms with Crippen molar-refractivity contribution in [3.63, 3.8) is 0 Å². The Bertz CT molecular complexity index is 971. The predicted octanol–water partition coefficient (Wildman–Crippen LogP) is 2.87. The Kier molecular flexibility index (Phi) is 5.77. The van der Waals surface area contributed by atoms with Gasteiger partial charge in [-0.05, 0) is 30.7 Å². The highest BCUT2D eigenvalue weighted by Gasteiger charge is 2.21. The molecule has 0 aliphatic heterocycles. The fraction of sp³-hybridized carbons (Fsp3) is 0.158. The van der Waals surface area contributed by atoms with Crippen molar-refractivity contribution in [2.24, 2.45) is 0 Å². The third kappa shape index (κ3) is 4.89. The highest BCUT2D eigenvalue weighted by Crippen LogP contribution is 2.19. The number of rotatable bonds is 5. The minimum absolute atomic E-state index is 0.281. The van der Waals surface area contributed by atoms with Crippen molar-refractivity contribution < 1.29 is 19.1 Å². The molecule has 0 aliphatic carbocycles. The maximum atomic E-state index is 12.2. The van der Waals surface area contributed by atoms with Crippen molar-refractivity contribution in [3.8, 4) is 0 Å². The molecule has 3 aromatic rings. The molecular weight excluding hydrogens is 366 g/mol. The number of carbonyl (C=O) groups is 3. The summed E-state index contributed by atoms with van der Waals surface area (Å²) in [5, 5.41) is 4.73. The Morgan fingerprint density at radius 1 is 1.15 bits per heavy atom. The molecule has 8 heteroatoms. The molecule has 27 heavy (non-hydrogen) atoms. The fourth-order valence-corrected chi connectivity index (χ4v) is 3.02. The number of urea groups is 1. The Morgan fingerprint density at radius 3 is 2.70 bits per heavy atom. The number of esters is 1. The molecule has 0 saturated carbocycles. The van der Waals surface area contributed by atoms with E-state index in [9.17, 15) is 14.4 Å².